The van der Waals surface area contributed by atoms with Crippen LogP contribution in [-0.4, -0.2) is 44.0 Å². The largest absolute Gasteiger partial charge is 0.475 e. The number of nitrogens with one attached hydrogen (secondary N) is 1. The molecule has 2 aromatic heterocycles. The van der Waals surface area contributed by atoms with Gasteiger partial charge in [0.15, 0.2) is 5.76 Å². The Morgan fingerprint density at radius 3 is 1.25 bits per heavy atom. The molecule has 1 amide bonds. The van der Waals surface area contributed by atoms with Crippen LogP contribution >= 0.6 is 23.2 Å². The van der Waals surface area contributed by atoms with Gasteiger partial charge in [0.25, 0.3) is 21.9 Å². The van der Waals surface area contributed by atoms with Crippen molar-refractivity contribution in [1.29, 1.82) is 0 Å². The normalized spacial score (nSPS) is 10.9. The molecule has 3 aromatic rings. The summed E-state index contributed by atoms with van der Waals surface area (Å²) >= 11 is 9.53. The standard InChI is InChI=1S/C26H39NO5S.C19H32O4.CH2Cl2/c1-3-4-5-6-7-8-9-10-11-12-13-14-21-31-25-20-19-24(32-25)26(28)27-33(29,30)23-17-15-22(2)16-18-23;1-2-3-4-5-6-7-8-9-10-11-12-13-16-22-18-15-14-17(23-18)19(20)21;2-1-3/h15-20H,3-14,21H2,1-2H3,(H,27,28);14-15H,2-13,16H2,1H3,(H,20,21);1H2. The highest BCUT2D eigenvalue weighted by Crippen LogP contribution is 2.20. The van der Waals surface area contributed by atoms with Gasteiger partial charge in [0.1, 0.15) is 0 Å². The van der Waals surface area contributed by atoms with E-state index in [1.54, 1.807) is 18.2 Å². The molecule has 0 bridgehead atoms. The van der Waals surface area contributed by atoms with E-state index in [1.807, 2.05) is 11.6 Å². The lowest BCUT2D eigenvalue weighted by atomic mass is 10.1. The third-order valence-corrected chi connectivity index (χ3v) is 11.0. The van der Waals surface area contributed by atoms with Crippen LogP contribution in [-0.2, 0) is 10.0 Å². The zero-order chi connectivity index (χ0) is 43.4. The Kier molecular flexibility index (Phi) is 32.5. The molecule has 336 valence electrons. The second-order valence-electron chi connectivity index (χ2n) is 14.9. The molecule has 0 aliphatic carbocycles. The number of halogens is 2. The molecular formula is C46H73Cl2NO9S. The summed E-state index contributed by atoms with van der Waals surface area (Å²) in [6.07, 6.45) is 31.0. The minimum atomic E-state index is -3.96. The Labute approximate surface area is 365 Å². The van der Waals surface area contributed by atoms with Gasteiger partial charge in [0.05, 0.1) is 23.4 Å². The molecule has 13 heteroatoms. The fourth-order valence-corrected chi connectivity index (χ4v) is 7.17. The molecule has 0 unspecified atom stereocenters. The predicted molar refractivity (Wildman–Crippen MR) is 240 cm³/mol. The topological polar surface area (TPSA) is 145 Å². The van der Waals surface area contributed by atoms with E-state index in [1.165, 1.54) is 159 Å². The van der Waals surface area contributed by atoms with Crippen molar-refractivity contribution in [1.82, 2.24) is 4.72 Å². The lowest BCUT2D eigenvalue weighted by Gasteiger charge is -2.06. The number of carboxylic acids is 1. The maximum absolute atomic E-state index is 12.3. The summed E-state index contributed by atoms with van der Waals surface area (Å²) in [4.78, 5) is 22.9. The predicted octanol–water partition coefficient (Wildman–Crippen LogP) is 14.3. The van der Waals surface area contributed by atoms with Crippen LogP contribution in [0.1, 0.15) is 195 Å². The number of benzene rings is 1. The van der Waals surface area contributed by atoms with Gasteiger partial charge in [-0.3, -0.25) is 4.79 Å². The van der Waals surface area contributed by atoms with Crippen molar-refractivity contribution in [2.24, 2.45) is 0 Å². The molecule has 10 nitrogen and oxygen atoms in total. The number of alkyl halides is 2. The Morgan fingerprint density at radius 2 is 0.898 bits per heavy atom. The molecule has 0 saturated carbocycles. The first-order valence-electron chi connectivity index (χ1n) is 22.0. The Balaban J connectivity index is 0.000000585. The molecule has 2 N–H and O–H groups in total. The number of carboxylic acid groups (broad SMARTS) is 1. The SMILES string of the molecule is CCCCCCCCCCCCCCOc1ccc(C(=O)NS(=O)(=O)c2ccc(C)cc2)o1.CCCCCCCCCCCCCCOc1ccc(C(=O)O)o1.ClCCl. The van der Waals surface area contributed by atoms with Crippen LogP contribution in [0, 0.1) is 6.92 Å². The highest BCUT2D eigenvalue weighted by Gasteiger charge is 2.21. The molecule has 2 heterocycles. The quantitative estimate of drug-likeness (QED) is 0.0462. The van der Waals surface area contributed by atoms with Gasteiger partial charge in [-0.2, -0.15) is 0 Å². The maximum Gasteiger partial charge on any atom is 0.371 e. The van der Waals surface area contributed by atoms with Gasteiger partial charge in [-0.05, 0) is 44.0 Å². The lowest BCUT2D eigenvalue weighted by molar-refractivity contribution is 0.0653. The second-order valence-corrected chi connectivity index (χ2v) is 17.4. The van der Waals surface area contributed by atoms with Gasteiger partial charge in [-0.1, -0.05) is 173 Å². The van der Waals surface area contributed by atoms with Crippen molar-refractivity contribution in [3.05, 3.63) is 65.6 Å². The van der Waals surface area contributed by atoms with E-state index in [4.69, 9.17) is 46.6 Å². The van der Waals surface area contributed by atoms with Crippen LogP contribution in [0.25, 0.3) is 0 Å². The average Bonchev–Trinajstić information content (AvgIpc) is 3.90. The van der Waals surface area contributed by atoms with E-state index >= 15 is 0 Å². The van der Waals surface area contributed by atoms with Gasteiger partial charge < -0.3 is 23.4 Å². The molecule has 0 atom stereocenters. The summed E-state index contributed by atoms with van der Waals surface area (Å²) in [7, 11) is -3.96. The minimum Gasteiger partial charge on any atom is -0.475 e. The zero-order valence-corrected chi connectivity index (χ0v) is 38.4. The Bertz CT molecular complexity index is 1570. The van der Waals surface area contributed by atoms with Crippen molar-refractivity contribution < 1.29 is 41.4 Å². The summed E-state index contributed by atoms with van der Waals surface area (Å²) in [5, 5.41) is 8.93. The minimum absolute atomic E-state index is 0.0245. The number of aryl methyl sites for hydroxylation is 1. The van der Waals surface area contributed by atoms with Gasteiger partial charge in [-0.15, -0.1) is 23.2 Å². The van der Waals surface area contributed by atoms with E-state index in [2.05, 4.69) is 13.8 Å². The number of amides is 1. The Morgan fingerprint density at radius 1 is 0.559 bits per heavy atom. The van der Waals surface area contributed by atoms with Gasteiger partial charge >= 0.3 is 11.9 Å². The van der Waals surface area contributed by atoms with Gasteiger partial charge in [-0.25, -0.2) is 17.9 Å². The van der Waals surface area contributed by atoms with Crippen molar-refractivity contribution in [3.8, 4) is 11.9 Å². The molecule has 0 spiro atoms. The highest BCUT2D eigenvalue weighted by atomic mass is 35.5. The Hall–Kier alpha value is -3.15. The maximum atomic E-state index is 12.3. The van der Waals surface area contributed by atoms with Crippen LogP contribution in [0.3, 0.4) is 0 Å². The first-order valence-corrected chi connectivity index (χ1v) is 24.6. The van der Waals surface area contributed by atoms with E-state index in [0.29, 0.717) is 19.2 Å². The lowest BCUT2D eigenvalue weighted by Crippen LogP contribution is -2.30. The third-order valence-electron chi connectivity index (χ3n) is 9.64. The van der Waals surface area contributed by atoms with Crippen molar-refractivity contribution >= 4 is 45.1 Å². The summed E-state index contributed by atoms with van der Waals surface area (Å²) in [6, 6.07) is 12.2. The highest BCUT2D eigenvalue weighted by molar-refractivity contribution is 7.90. The summed E-state index contributed by atoms with van der Waals surface area (Å²) < 4.78 is 48.0. The first-order chi connectivity index (χ1) is 28.6. The van der Waals surface area contributed by atoms with Crippen molar-refractivity contribution in [2.75, 3.05) is 18.6 Å². The monoisotopic (exact) mass is 885 g/mol. The number of hydrogen-bond donors (Lipinski definition) is 2. The van der Waals surface area contributed by atoms with E-state index in [0.717, 1.165) is 31.2 Å². The second kappa shape index (κ2) is 35.6. The third kappa shape index (κ3) is 28.1. The fraction of sp³-hybridized carbons (Fsp3) is 0.652. The van der Waals surface area contributed by atoms with E-state index in [-0.39, 0.29) is 27.7 Å². The first kappa shape index (κ1) is 53.9. The number of rotatable bonds is 32. The molecule has 0 saturated heterocycles. The van der Waals surface area contributed by atoms with Gasteiger partial charge in [0.2, 0.25) is 5.76 Å². The number of hydrogen-bond acceptors (Lipinski definition) is 8. The number of carbonyl (C=O) groups excluding carboxylic acids is 1. The van der Waals surface area contributed by atoms with E-state index in [9.17, 15) is 18.0 Å². The number of aromatic carboxylic acids is 1. The summed E-state index contributed by atoms with van der Waals surface area (Å²) in [5.41, 5.74) is 0.932. The van der Waals surface area contributed by atoms with E-state index < -0.39 is 21.9 Å². The number of unbranched alkanes of at least 4 members (excludes halogenated alkanes) is 22. The molecular weight excluding hydrogens is 813 g/mol. The molecule has 0 radical (unpaired) electrons. The number of carbonyl (C=O) groups is 2. The van der Waals surface area contributed by atoms with Crippen LogP contribution in [0.5, 0.6) is 11.9 Å². The molecule has 0 fully saturated rings. The van der Waals surface area contributed by atoms with Crippen LogP contribution in [0.4, 0.5) is 0 Å². The van der Waals surface area contributed by atoms with Crippen LogP contribution in [0.2, 0.25) is 0 Å². The smallest absolute Gasteiger partial charge is 0.371 e. The van der Waals surface area contributed by atoms with Gasteiger partial charge in [0, 0.05) is 12.1 Å². The number of furan rings is 2. The molecule has 0 aliphatic heterocycles. The average molecular weight is 887 g/mol. The number of sulfonamides is 1. The molecule has 0 aliphatic rings. The summed E-state index contributed by atoms with van der Waals surface area (Å²) in [5.74, 6) is -1.55. The number of ether oxygens (including phenoxy) is 2. The zero-order valence-electron chi connectivity index (χ0n) is 36.1. The van der Waals surface area contributed by atoms with Crippen molar-refractivity contribution in [3.63, 3.8) is 0 Å². The van der Waals surface area contributed by atoms with Crippen LogP contribution in [0.15, 0.2) is 62.3 Å². The molecule has 1 aromatic carbocycles. The fourth-order valence-electron chi connectivity index (χ4n) is 6.21. The molecule has 59 heavy (non-hydrogen) atoms. The van der Waals surface area contributed by atoms with Crippen LogP contribution < -0.4 is 14.2 Å². The molecule has 3 rings (SSSR count). The van der Waals surface area contributed by atoms with Crippen molar-refractivity contribution in [2.45, 2.75) is 180 Å². The summed E-state index contributed by atoms with van der Waals surface area (Å²) in [6.45, 7) is 7.46.